The molecule has 3 N–H and O–H groups in total. The lowest BCUT2D eigenvalue weighted by molar-refractivity contribution is 0.296. The first-order valence-corrected chi connectivity index (χ1v) is 8.36. The van der Waals surface area contributed by atoms with E-state index in [1.165, 1.54) is 18.6 Å². The van der Waals surface area contributed by atoms with Gasteiger partial charge in [0.2, 0.25) is 10.0 Å². The molecular formula is C14H23ClN2O3S. The molecule has 0 radical (unpaired) electrons. The van der Waals surface area contributed by atoms with Crippen molar-refractivity contribution in [3.8, 4) is 5.75 Å². The molecule has 2 rings (SSSR count). The first-order valence-electron chi connectivity index (χ1n) is 6.88. The number of halogens is 1. The zero-order valence-electron chi connectivity index (χ0n) is 12.2. The van der Waals surface area contributed by atoms with E-state index >= 15 is 0 Å². The highest BCUT2D eigenvalue weighted by Crippen LogP contribution is 2.25. The quantitative estimate of drug-likeness (QED) is 0.863. The molecule has 1 aromatic carbocycles. The molecule has 0 bridgehead atoms. The van der Waals surface area contributed by atoms with E-state index in [1.54, 1.807) is 19.2 Å². The van der Waals surface area contributed by atoms with Crippen LogP contribution in [0.2, 0.25) is 0 Å². The predicted octanol–water partition coefficient (Wildman–Crippen LogP) is 2.06. The summed E-state index contributed by atoms with van der Waals surface area (Å²) in [5.74, 6) is 0.631. The summed E-state index contributed by atoms with van der Waals surface area (Å²) in [4.78, 5) is 0.234. The van der Waals surface area contributed by atoms with Crippen LogP contribution in [0, 0.1) is 0 Å². The Balaban J connectivity index is 0.00000220. The van der Waals surface area contributed by atoms with Crippen molar-refractivity contribution in [1.29, 1.82) is 0 Å². The van der Waals surface area contributed by atoms with Gasteiger partial charge in [0.15, 0.2) is 0 Å². The Bertz CT molecular complexity index is 540. The lowest BCUT2D eigenvalue weighted by atomic mass is 9.83. The molecule has 7 heteroatoms. The molecule has 21 heavy (non-hydrogen) atoms. The van der Waals surface area contributed by atoms with E-state index in [0.29, 0.717) is 12.3 Å². The molecule has 120 valence electrons. The summed E-state index contributed by atoms with van der Waals surface area (Å²) in [5.41, 5.74) is 5.84. The normalized spacial score (nSPS) is 17.8. The van der Waals surface area contributed by atoms with Crippen molar-refractivity contribution in [2.24, 2.45) is 5.73 Å². The summed E-state index contributed by atoms with van der Waals surface area (Å²) in [5, 5.41) is 0. The average molecular weight is 335 g/mol. The van der Waals surface area contributed by atoms with Crippen LogP contribution in [-0.2, 0) is 10.0 Å². The van der Waals surface area contributed by atoms with E-state index in [-0.39, 0.29) is 17.3 Å². The second kappa shape index (κ2) is 7.45. The van der Waals surface area contributed by atoms with Gasteiger partial charge in [-0.3, -0.25) is 0 Å². The van der Waals surface area contributed by atoms with E-state index < -0.39 is 15.6 Å². The number of methoxy groups -OCH3 is 1. The highest BCUT2D eigenvalue weighted by Gasteiger charge is 2.29. The van der Waals surface area contributed by atoms with Crippen molar-refractivity contribution in [2.45, 2.75) is 42.5 Å². The third-order valence-electron chi connectivity index (χ3n) is 3.83. The minimum Gasteiger partial charge on any atom is -0.497 e. The number of hydrogen-bond donors (Lipinski definition) is 2. The fourth-order valence-corrected chi connectivity index (χ4v) is 3.65. The van der Waals surface area contributed by atoms with Crippen LogP contribution in [0.4, 0.5) is 0 Å². The first kappa shape index (κ1) is 18.2. The molecule has 5 nitrogen and oxygen atoms in total. The van der Waals surface area contributed by atoms with Crippen LogP contribution in [0.3, 0.4) is 0 Å². The largest absolute Gasteiger partial charge is 0.497 e. The van der Waals surface area contributed by atoms with E-state index in [2.05, 4.69) is 4.72 Å². The van der Waals surface area contributed by atoms with E-state index in [1.807, 2.05) is 0 Å². The number of benzene rings is 1. The minimum absolute atomic E-state index is 0. The maximum absolute atomic E-state index is 12.2. The summed E-state index contributed by atoms with van der Waals surface area (Å²) in [6.07, 6.45) is 5.07. The van der Waals surface area contributed by atoms with Crippen LogP contribution >= 0.6 is 12.4 Å². The summed E-state index contributed by atoms with van der Waals surface area (Å²) in [6, 6.07) is 6.33. The van der Waals surface area contributed by atoms with Gasteiger partial charge in [0.25, 0.3) is 0 Å². The van der Waals surface area contributed by atoms with Crippen LogP contribution in [0.5, 0.6) is 5.75 Å². The molecule has 0 saturated heterocycles. The number of rotatable bonds is 5. The number of nitrogens with one attached hydrogen (secondary N) is 1. The van der Waals surface area contributed by atoms with Crippen LogP contribution in [0.25, 0.3) is 0 Å². The molecule has 1 aliphatic carbocycles. The predicted molar refractivity (Wildman–Crippen MR) is 85.4 cm³/mol. The molecule has 0 heterocycles. The van der Waals surface area contributed by atoms with Gasteiger partial charge >= 0.3 is 0 Å². The van der Waals surface area contributed by atoms with Gasteiger partial charge in [0.1, 0.15) is 5.75 Å². The summed E-state index contributed by atoms with van der Waals surface area (Å²) >= 11 is 0. The van der Waals surface area contributed by atoms with Gasteiger partial charge in [-0.2, -0.15) is 0 Å². The Kier molecular flexibility index (Phi) is 6.46. The molecule has 0 atom stereocenters. The first-order chi connectivity index (χ1) is 9.45. The highest BCUT2D eigenvalue weighted by atomic mass is 35.5. The molecule has 1 saturated carbocycles. The van der Waals surface area contributed by atoms with Crippen molar-refractivity contribution in [1.82, 2.24) is 4.72 Å². The average Bonchev–Trinajstić information content (AvgIpc) is 2.46. The summed E-state index contributed by atoms with van der Waals surface area (Å²) < 4.78 is 32.1. The maximum atomic E-state index is 12.2. The molecule has 0 aromatic heterocycles. The van der Waals surface area contributed by atoms with Gasteiger partial charge in [-0.15, -0.1) is 12.4 Å². The summed E-state index contributed by atoms with van der Waals surface area (Å²) in [6.45, 7) is 0.293. The lowest BCUT2D eigenvalue weighted by Gasteiger charge is -2.33. The zero-order chi connectivity index (χ0) is 14.6. The van der Waals surface area contributed by atoms with Crippen LogP contribution < -0.4 is 15.2 Å². The Morgan fingerprint density at radius 2 is 1.76 bits per heavy atom. The van der Waals surface area contributed by atoms with E-state index in [4.69, 9.17) is 10.5 Å². The Labute approximate surface area is 132 Å². The van der Waals surface area contributed by atoms with Gasteiger partial charge in [-0.1, -0.05) is 19.3 Å². The van der Waals surface area contributed by atoms with Crippen molar-refractivity contribution >= 4 is 22.4 Å². The zero-order valence-corrected chi connectivity index (χ0v) is 13.8. The lowest BCUT2D eigenvalue weighted by Crippen LogP contribution is -2.51. The van der Waals surface area contributed by atoms with Gasteiger partial charge < -0.3 is 10.5 Å². The molecule has 0 unspecified atom stereocenters. The third-order valence-corrected chi connectivity index (χ3v) is 5.25. The number of ether oxygens (including phenoxy) is 1. The maximum Gasteiger partial charge on any atom is 0.240 e. The topological polar surface area (TPSA) is 81.4 Å². The minimum atomic E-state index is -3.51. The number of hydrogen-bond acceptors (Lipinski definition) is 4. The standard InChI is InChI=1S/C14H22N2O3S.ClH/c1-19-12-5-7-13(8-6-12)20(17,18)16-11-14(15)9-3-2-4-10-14;/h5-8,16H,2-4,9-11,15H2,1H3;1H. The van der Waals surface area contributed by atoms with Crippen molar-refractivity contribution in [2.75, 3.05) is 13.7 Å². The molecule has 0 spiro atoms. The van der Waals surface area contributed by atoms with Crippen molar-refractivity contribution in [3.05, 3.63) is 24.3 Å². The molecule has 0 aliphatic heterocycles. The Morgan fingerprint density at radius 3 is 2.29 bits per heavy atom. The monoisotopic (exact) mass is 334 g/mol. The fourth-order valence-electron chi connectivity index (χ4n) is 2.51. The molecule has 1 aliphatic rings. The van der Waals surface area contributed by atoms with Gasteiger partial charge in [-0.05, 0) is 37.1 Å². The van der Waals surface area contributed by atoms with Crippen LogP contribution in [0.1, 0.15) is 32.1 Å². The van der Waals surface area contributed by atoms with Crippen LogP contribution in [0.15, 0.2) is 29.2 Å². The van der Waals surface area contributed by atoms with E-state index in [9.17, 15) is 8.42 Å². The highest BCUT2D eigenvalue weighted by molar-refractivity contribution is 7.89. The van der Waals surface area contributed by atoms with Crippen molar-refractivity contribution in [3.63, 3.8) is 0 Å². The van der Waals surface area contributed by atoms with E-state index in [0.717, 1.165) is 25.7 Å². The van der Waals surface area contributed by atoms with Gasteiger partial charge in [0, 0.05) is 12.1 Å². The molecule has 1 aromatic rings. The molecule has 1 fully saturated rings. The SMILES string of the molecule is COc1ccc(S(=O)(=O)NCC2(N)CCCCC2)cc1.Cl. The summed E-state index contributed by atoms with van der Waals surface area (Å²) in [7, 11) is -1.96. The smallest absolute Gasteiger partial charge is 0.240 e. The fraction of sp³-hybridized carbons (Fsp3) is 0.571. The Hall–Kier alpha value is -0.820. The van der Waals surface area contributed by atoms with Gasteiger partial charge in [-0.25, -0.2) is 13.1 Å². The number of nitrogens with two attached hydrogens (primary N) is 1. The number of sulfonamides is 1. The Morgan fingerprint density at radius 1 is 1.19 bits per heavy atom. The molecule has 0 amide bonds. The molecular weight excluding hydrogens is 312 g/mol. The third kappa shape index (κ3) is 4.85. The second-order valence-corrected chi connectivity index (χ2v) is 7.19. The second-order valence-electron chi connectivity index (χ2n) is 5.42. The van der Waals surface area contributed by atoms with Crippen LogP contribution in [-0.4, -0.2) is 27.6 Å². The van der Waals surface area contributed by atoms with Gasteiger partial charge in [0.05, 0.1) is 12.0 Å². The van der Waals surface area contributed by atoms with Crippen molar-refractivity contribution < 1.29 is 13.2 Å².